The van der Waals surface area contributed by atoms with Gasteiger partial charge in [-0.1, -0.05) is 48.0 Å². The van der Waals surface area contributed by atoms with Crippen LogP contribution >= 0.6 is 22.9 Å². The molecule has 1 saturated carbocycles. The lowest BCUT2D eigenvalue weighted by molar-refractivity contribution is -0.140. The molecule has 3 aromatic rings. The summed E-state index contributed by atoms with van der Waals surface area (Å²) in [5.74, 6) is -1.95. The first-order valence-corrected chi connectivity index (χ1v) is 13.1. The fourth-order valence-corrected chi connectivity index (χ4v) is 6.75. The number of aliphatic carboxylic acids is 1. The number of sulfonamides is 1. The second-order valence-electron chi connectivity index (χ2n) is 8.43. The molecule has 1 aliphatic rings. The van der Waals surface area contributed by atoms with Gasteiger partial charge in [-0.15, -0.1) is 11.3 Å². The van der Waals surface area contributed by atoms with Gasteiger partial charge >= 0.3 is 5.97 Å². The van der Waals surface area contributed by atoms with Gasteiger partial charge in [0.2, 0.25) is 5.91 Å². The van der Waals surface area contributed by atoms with E-state index in [1.165, 1.54) is 11.0 Å². The Morgan fingerprint density at radius 3 is 2.44 bits per heavy atom. The third-order valence-electron chi connectivity index (χ3n) is 5.90. The van der Waals surface area contributed by atoms with Crippen molar-refractivity contribution in [1.82, 2.24) is 9.62 Å². The van der Waals surface area contributed by atoms with Crippen molar-refractivity contribution in [3.63, 3.8) is 0 Å². The lowest BCUT2D eigenvalue weighted by Crippen LogP contribution is -2.44. The molecule has 0 unspecified atom stereocenters. The van der Waals surface area contributed by atoms with Gasteiger partial charge in [-0.2, -0.15) is 4.72 Å². The van der Waals surface area contributed by atoms with Crippen LogP contribution in [-0.4, -0.2) is 49.9 Å². The van der Waals surface area contributed by atoms with E-state index < -0.39 is 27.4 Å². The summed E-state index contributed by atoms with van der Waals surface area (Å²) in [5.41, 5.74) is 0.499. The van der Waals surface area contributed by atoms with E-state index in [0.29, 0.717) is 16.1 Å². The van der Waals surface area contributed by atoms with Crippen molar-refractivity contribution in [2.24, 2.45) is 0 Å². The van der Waals surface area contributed by atoms with Gasteiger partial charge in [-0.3, -0.25) is 9.59 Å². The summed E-state index contributed by atoms with van der Waals surface area (Å²) in [5, 5.41) is 10.6. The Balaban J connectivity index is 1.60. The van der Waals surface area contributed by atoms with Gasteiger partial charge in [0.1, 0.15) is 9.75 Å². The van der Waals surface area contributed by atoms with Crippen molar-refractivity contribution in [3.05, 3.63) is 76.8 Å². The number of carboxylic acids is 1. The first-order valence-electron chi connectivity index (χ1n) is 10.4. The van der Waals surface area contributed by atoms with Crippen LogP contribution in [0.25, 0.3) is 10.4 Å². The molecule has 1 amide bonds. The number of hydrogen-bond donors (Lipinski definition) is 2. The number of amides is 1. The number of halogens is 1. The minimum atomic E-state index is -4.10. The highest BCUT2D eigenvalue weighted by molar-refractivity contribution is 7.91. The fraction of sp³-hybridized carbons (Fsp3) is 0.250. The van der Waals surface area contributed by atoms with Gasteiger partial charge in [-0.05, 0) is 47.4 Å². The number of nitrogens with zero attached hydrogens (tertiary/aromatic N) is 1. The second kappa shape index (κ2) is 9.14. The molecule has 178 valence electrons. The summed E-state index contributed by atoms with van der Waals surface area (Å²) >= 11 is 6.98. The molecule has 1 aromatic heterocycles. The molecular weight excluding hydrogens is 496 g/mol. The number of carboxylic acid groups (broad SMARTS) is 1. The Hall–Kier alpha value is -2.72. The molecule has 34 heavy (non-hydrogen) atoms. The second-order valence-corrected chi connectivity index (χ2v) is 11.9. The van der Waals surface area contributed by atoms with Gasteiger partial charge in [0.15, 0.2) is 0 Å². The fourth-order valence-electron chi connectivity index (χ4n) is 3.91. The minimum Gasteiger partial charge on any atom is -0.480 e. The van der Waals surface area contributed by atoms with E-state index in [9.17, 15) is 23.1 Å². The smallest absolute Gasteiger partial charge is 0.325 e. The predicted octanol–water partition coefficient (Wildman–Crippen LogP) is 3.99. The SMILES string of the molecule is CN(C)C(=O)Cc1ccccc1[C@@H]1C[C@]1(NS(=O)(=O)c1ccc(-c2ccc(Cl)cc2)s1)C(=O)O. The summed E-state index contributed by atoms with van der Waals surface area (Å²) in [4.78, 5) is 26.7. The minimum absolute atomic E-state index is 0.0276. The van der Waals surface area contributed by atoms with E-state index >= 15 is 0 Å². The molecule has 1 heterocycles. The highest BCUT2D eigenvalue weighted by Crippen LogP contribution is 2.53. The Morgan fingerprint density at radius 1 is 1.12 bits per heavy atom. The summed E-state index contributed by atoms with van der Waals surface area (Å²) in [6.45, 7) is 0. The topological polar surface area (TPSA) is 104 Å². The van der Waals surface area contributed by atoms with E-state index in [1.807, 2.05) is 0 Å². The molecule has 0 bridgehead atoms. The third-order valence-corrected chi connectivity index (χ3v) is 9.29. The molecule has 4 rings (SSSR count). The normalized spacial score (nSPS) is 19.6. The number of carbonyl (C=O) groups excluding carboxylic acids is 1. The molecule has 2 N–H and O–H groups in total. The number of rotatable bonds is 8. The summed E-state index contributed by atoms with van der Waals surface area (Å²) < 4.78 is 28.8. The van der Waals surface area contributed by atoms with Crippen LogP contribution in [0.4, 0.5) is 0 Å². The zero-order chi connectivity index (χ0) is 24.7. The van der Waals surface area contributed by atoms with Gasteiger partial charge in [-0.25, -0.2) is 8.42 Å². The summed E-state index contributed by atoms with van der Waals surface area (Å²) in [6.07, 6.45) is 0.210. The molecule has 0 aliphatic heterocycles. The Bertz CT molecular complexity index is 1350. The lowest BCUT2D eigenvalue weighted by atomic mass is 9.98. The highest BCUT2D eigenvalue weighted by atomic mass is 35.5. The van der Waals surface area contributed by atoms with Crippen molar-refractivity contribution >= 4 is 44.8 Å². The van der Waals surface area contributed by atoms with Gasteiger partial charge in [0, 0.05) is 29.9 Å². The van der Waals surface area contributed by atoms with Crippen molar-refractivity contribution in [2.45, 2.75) is 28.5 Å². The largest absolute Gasteiger partial charge is 0.480 e. The molecule has 10 heteroatoms. The highest BCUT2D eigenvalue weighted by Gasteiger charge is 2.63. The number of benzene rings is 2. The van der Waals surface area contributed by atoms with E-state index in [-0.39, 0.29) is 23.0 Å². The van der Waals surface area contributed by atoms with Crippen LogP contribution in [0.3, 0.4) is 0 Å². The Kier molecular flexibility index (Phi) is 6.56. The van der Waals surface area contributed by atoms with Crippen LogP contribution in [-0.2, 0) is 26.0 Å². The van der Waals surface area contributed by atoms with Crippen molar-refractivity contribution in [2.75, 3.05) is 14.1 Å². The predicted molar refractivity (Wildman–Crippen MR) is 132 cm³/mol. The molecule has 0 spiro atoms. The molecule has 0 saturated heterocycles. The first kappa shape index (κ1) is 24.4. The summed E-state index contributed by atoms with van der Waals surface area (Å²) in [6, 6.07) is 17.2. The number of thiophene rings is 1. The molecule has 1 fully saturated rings. The average molecular weight is 519 g/mol. The molecular formula is C24H23ClN2O5S2. The molecule has 7 nitrogen and oxygen atoms in total. The number of nitrogens with one attached hydrogen (secondary N) is 1. The van der Waals surface area contributed by atoms with E-state index in [2.05, 4.69) is 4.72 Å². The third kappa shape index (κ3) is 4.74. The molecule has 1 aliphatic carbocycles. The van der Waals surface area contributed by atoms with Gasteiger partial charge in [0.05, 0.1) is 6.42 Å². The Morgan fingerprint density at radius 2 is 1.79 bits per heavy atom. The van der Waals surface area contributed by atoms with Gasteiger partial charge < -0.3 is 10.0 Å². The van der Waals surface area contributed by atoms with Crippen LogP contribution < -0.4 is 4.72 Å². The van der Waals surface area contributed by atoms with Crippen molar-refractivity contribution in [3.8, 4) is 10.4 Å². The molecule has 2 atom stereocenters. The molecule has 0 radical (unpaired) electrons. The van der Waals surface area contributed by atoms with Crippen LogP contribution in [0.15, 0.2) is 64.9 Å². The van der Waals surface area contributed by atoms with Crippen molar-refractivity contribution < 1.29 is 23.1 Å². The van der Waals surface area contributed by atoms with E-state index in [1.54, 1.807) is 68.7 Å². The first-order chi connectivity index (χ1) is 16.0. The summed E-state index contributed by atoms with van der Waals surface area (Å²) in [7, 11) is -0.800. The maximum Gasteiger partial charge on any atom is 0.325 e. The zero-order valence-corrected chi connectivity index (χ0v) is 20.9. The Labute approximate surface area is 207 Å². The van der Waals surface area contributed by atoms with Crippen LogP contribution in [0.1, 0.15) is 23.5 Å². The monoisotopic (exact) mass is 518 g/mol. The van der Waals surface area contributed by atoms with Crippen LogP contribution in [0.2, 0.25) is 5.02 Å². The average Bonchev–Trinajstić information content (AvgIpc) is 3.26. The van der Waals surface area contributed by atoms with E-state index in [4.69, 9.17) is 11.6 Å². The van der Waals surface area contributed by atoms with Crippen LogP contribution in [0.5, 0.6) is 0 Å². The van der Waals surface area contributed by atoms with Crippen LogP contribution in [0, 0.1) is 0 Å². The number of carbonyl (C=O) groups is 2. The number of hydrogen-bond acceptors (Lipinski definition) is 5. The zero-order valence-electron chi connectivity index (χ0n) is 18.5. The molecule has 2 aromatic carbocycles. The maximum atomic E-state index is 13.2. The van der Waals surface area contributed by atoms with Crippen molar-refractivity contribution in [1.29, 1.82) is 0 Å². The lowest BCUT2D eigenvalue weighted by Gasteiger charge is -2.17. The standard InChI is InChI=1S/C24H23ClN2O5S2/c1-27(2)21(28)13-16-5-3-4-6-18(16)19-14-24(19,23(29)30)26-34(31,32)22-12-11-20(33-22)15-7-9-17(25)10-8-15/h3-12,19,26H,13-14H2,1-2H3,(H,29,30)/t19-,24+/m0/s1. The number of likely N-dealkylation sites (N-methyl/N-ethyl adjacent to an activating group) is 1. The van der Waals surface area contributed by atoms with Gasteiger partial charge in [0.25, 0.3) is 10.0 Å². The quantitative estimate of drug-likeness (QED) is 0.469. The maximum absolute atomic E-state index is 13.2. The van der Waals surface area contributed by atoms with E-state index in [0.717, 1.165) is 21.8 Å².